The van der Waals surface area contributed by atoms with Crippen LogP contribution in [0.3, 0.4) is 0 Å². The average molecular weight is 364 g/mol. The molecule has 1 aromatic rings. The highest BCUT2D eigenvalue weighted by Crippen LogP contribution is 2.24. The van der Waals surface area contributed by atoms with Crippen LogP contribution in [0.4, 0.5) is 0 Å². The molecule has 0 aromatic heterocycles. The van der Waals surface area contributed by atoms with Gasteiger partial charge in [-0.25, -0.2) is 4.99 Å². The minimum absolute atomic E-state index is 0.191. The lowest BCUT2D eigenvalue weighted by Crippen LogP contribution is -2.41. The Balaban J connectivity index is 1.98. The monoisotopic (exact) mass is 363 g/mol. The number of rotatable bonds is 9. The van der Waals surface area contributed by atoms with Gasteiger partial charge in [0.2, 0.25) is 0 Å². The Labute approximate surface area is 157 Å². The van der Waals surface area contributed by atoms with Crippen molar-refractivity contribution < 1.29 is 14.6 Å². The Morgan fingerprint density at radius 1 is 1.27 bits per heavy atom. The molecule has 1 saturated carbocycles. The molecule has 1 fully saturated rings. The molecular formula is C20H33N3O3. The molecule has 26 heavy (non-hydrogen) atoms. The van der Waals surface area contributed by atoms with Crippen molar-refractivity contribution in [3.63, 3.8) is 0 Å². The fraction of sp³-hybridized carbons (Fsp3) is 0.650. The van der Waals surface area contributed by atoms with Crippen molar-refractivity contribution in [3.05, 3.63) is 29.3 Å². The topological polar surface area (TPSA) is 75.1 Å². The Kier molecular flexibility index (Phi) is 8.71. The van der Waals surface area contributed by atoms with Gasteiger partial charge in [-0.15, -0.1) is 0 Å². The minimum atomic E-state index is -0.191. The van der Waals surface area contributed by atoms with E-state index in [0.29, 0.717) is 25.7 Å². The van der Waals surface area contributed by atoms with Gasteiger partial charge in [0.25, 0.3) is 0 Å². The predicted octanol–water partition coefficient (Wildman–Crippen LogP) is 2.24. The SMILES string of the molecule is CCNC(=NCc1ccc(C)cc1OCCOC)NCC1CCCC1O. The summed E-state index contributed by atoms with van der Waals surface area (Å²) in [5.41, 5.74) is 2.20. The zero-order chi connectivity index (χ0) is 18.8. The van der Waals surface area contributed by atoms with Crippen LogP contribution < -0.4 is 15.4 Å². The van der Waals surface area contributed by atoms with Crippen LogP contribution in [0, 0.1) is 12.8 Å². The molecule has 2 atom stereocenters. The number of aliphatic hydroxyl groups is 1. The fourth-order valence-electron chi connectivity index (χ4n) is 3.15. The van der Waals surface area contributed by atoms with Gasteiger partial charge in [0.05, 0.1) is 19.3 Å². The van der Waals surface area contributed by atoms with E-state index in [0.717, 1.165) is 55.2 Å². The van der Waals surface area contributed by atoms with Crippen LogP contribution in [0.5, 0.6) is 5.75 Å². The lowest BCUT2D eigenvalue weighted by Gasteiger charge is -2.18. The van der Waals surface area contributed by atoms with Crippen LogP contribution in [0.2, 0.25) is 0 Å². The first kappa shape index (κ1) is 20.5. The second-order valence-electron chi connectivity index (χ2n) is 6.79. The van der Waals surface area contributed by atoms with E-state index < -0.39 is 0 Å². The van der Waals surface area contributed by atoms with Crippen molar-refractivity contribution >= 4 is 5.96 Å². The van der Waals surface area contributed by atoms with Crippen molar-refractivity contribution in [2.75, 3.05) is 33.4 Å². The first-order valence-electron chi connectivity index (χ1n) is 9.55. The number of guanidine groups is 1. The molecule has 2 unspecified atom stereocenters. The van der Waals surface area contributed by atoms with Crippen molar-refractivity contribution in [2.24, 2.45) is 10.9 Å². The molecule has 1 aromatic carbocycles. The third kappa shape index (κ3) is 6.50. The van der Waals surface area contributed by atoms with Crippen LogP contribution in [-0.2, 0) is 11.3 Å². The Hall–Kier alpha value is -1.79. The van der Waals surface area contributed by atoms with E-state index >= 15 is 0 Å². The number of aliphatic imine (C=N–C) groups is 1. The van der Waals surface area contributed by atoms with Gasteiger partial charge in [-0.05, 0) is 38.3 Å². The predicted molar refractivity (Wildman–Crippen MR) is 105 cm³/mol. The number of nitrogens with zero attached hydrogens (tertiary/aromatic N) is 1. The standard InChI is InChI=1S/C20H33N3O3/c1-4-21-20(22-13-16-6-5-7-18(16)24)23-14-17-9-8-15(2)12-19(17)26-11-10-25-3/h8-9,12,16,18,24H,4-7,10-11,13-14H2,1-3H3,(H2,21,22,23). The number of methoxy groups -OCH3 is 1. The lowest BCUT2D eigenvalue weighted by molar-refractivity contribution is 0.134. The van der Waals surface area contributed by atoms with E-state index in [4.69, 9.17) is 9.47 Å². The highest BCUT2D eigenvalue weighted by atomic mass is 16.5. The summed E-state index contributed by atoms with van der Waals surface area (Å²) in [6.07, 6.45) is 2.89. The molecule has 6 nitrogen and oxygen atoms in total. The lowest BCUT2D eigenvalue weighted by atomic mass is 10.1. The Morgan fingerprint density at radius 2 is 2.12 bits per heavy atom. The molecule has 146 valence electrons. The van der Waals surface area contributed by atoms with Crippen LogP contribution in [0.1, 0.15) is 37.3 Å². The maximum Gasteiger partial charge on any atom is 0.191 e. The molecule has 0 amide bonds. The van der Waals surface area contributed by atoms with E-state index in [1.54, 1.807) is 7.11 Å². The summed E-state index contributed by atoms with van der Waals surface area (Å²) in [7, 11) is 1.67. The first-order chi connectivity index (χ1) is 12.6. The number of aryl methyl sites for hydroxylation is 1. The van der Waals surface area contributed by atoms with Gasteiger partial charge in [-0.3, -0.25) is 0 Å². The highest BCUT2D eigenvalue weighted by Gasteiger charge is 2.24. The largest absolute Gasteiger partial charge is 0.491 e. The fourth-order valence-corrected chi connectivity index (χ4v) is 3.15. The second-order valence-corrected chi connectivity index (χ2v) is 6.79. The molecule has 0 heterocycles. The number of nitrogens with one attached hydrogen (secondary N) is 2. The highest BCUT2D eigenvalue weighted by molar-refractivity contribution is 5.79. The van der Waals surface area contributed by atoms with Crippen LogP contribution in [-0.4, -0.2) is 50.6 Å². The summed E-state index contributed by atoms with van der Waals surface area (Å²) >= 11 is 0. The summed E-state index contributed by atoms with van der Waals surface area (Å²) in [6.45, 7) is 7.26. The van der Waals surface area contributed by atoms with Gasteiger partial charge in [-0.1, -0.05) is 18.6 Å². The second kappa shape index (κ2) is 11.0. The van der Waals surface area contributed by atoms with Gasteiger partial charge >= 0.3 is 0 Å². The molecule has 0 spiro atoms. The Bertz CT molecular complexity index is 577. The third-order valence-corrected chi connectivity index (χ3v) is 4.67. The molecule has 0 radical (unpaired) electrons. The van der Waals surface area contributed by atoms with E-state index in [1.165, 1.54) is 0 Å². The van der Waals surface area contributed by atoms with Crippen LogP contribution in [0.15, 0.2) is 23.2 Å². The van der Waals surface area contributed by atoms with Gasteiger partial charge in [0.15, 0.2) is 5.96 Å². The molecule has 2 rings (SSSR count). The maximum atomic E-state index is 9.98. The number of hydrogen-bond donors (Lipinski definition) is 3. The zero-order valence-electron chi connectivity index (χ0n) is 16.3. The van der Waals surface area contributed by atoms with Gasteiger partial charge < -0.3 is 25.2 Å². The Morgan fingerprint density at radius 3 is 2.81 bits per heavy atom. The first-order valence-corrected chi connectivity index (χ1v) is 9.55. The molecule has 3 N–H and O–H groups in total. The minimum Gasteiger partial charge on any atom is -0.491 e. The van der Waals surface area contributed by atoms with E-state index in [9.17, 15) is 5.11 Å². The van der Waals surface area contributed by atoms with Crippen LogP contribution >= 0.6 is 0 Å². The average Bonchev–Trinajstić information content (AvgIpc) is 3.04. The van der Waals surface area contributed by atoms with Gasteiger partial charge in [-0.2, -0.15) is 0 Å². The van der Waals surface area contributed by atoms with E-state index in [-0.39, 0.29) is 6.10 Å². The van der Waals surface area contributed by atoms with Gasteiger partial charge in [0.1, 0.15) is 12.4 Å². The van der Waals surface area contributed by atoms with E-state index in [2.05, 4.69) is 34.7 Å². The van der Waals surface area contributed by atoms with Crippen LogP contribution in [0.25, 0.3) is 0 Å². The number of benzene rings is 1. The molecule has 0 bridgehead atoms. The zero-order valence-corrected chi connectivity index (χ0v) is 16.3. The quantitative estimate of drug-likeness (QED) is 0.356. The molecule has 1 aliphatic rings. The molecule has 0 aliphatic heterocycles. The van der Waals surface area contributed by atoms with E-state index in [1.807, 2.05) is 13.0 Å². The number of ether oxygens (including phenoxy) is 2. The smallest absolute Gasteiger partial charge is 0.191 e. The normalized spacial score (nSPS) is 20.2. The van der Waals surface area contributed by atoms with Crippen molar-refractivity contribution in [2.45, 2.75) is 45.8 Å². The van der Waals surface area contributed by atoms with Crippen molar-refractivity contribution in [3.8, 4) is 5.75 Å². The summed E-state index contributed by atoms with van der Waals surface area (Å²) < 4.78 is 10.9. The summed E-state index contributed by atoms with van der Waals surface area (Å²) in [5.74, 6) is 1.94. The van der Waals surface area contributed by atoms with Gasteiger partial charge in [0, 0.05) is 31.7 Å². The maximum absolute atomic E-state index is 9.98. The summed E-state index contributed by atoms with van der Waals surface area (Å²) in [4.78, 5) is 4.69. The molecule has 0 saturated heterocycles. The number of aliphatic hydroxyl groups excluding tert-OH is 1. The third-order valence-electron chi connectivity index (χ3n) is 4.67. The van der Waals surface area contributed by atoms with Crippen molar-refractivity contribution in [1.29, 1.82) is 0 Å². The molecule has 1 aliphatic carbocycles. The summed E-state index contributed by atoms with van der Waals surface area (Å²) in [5, 5.41) is 16.6. The molecule has 6 heteroatoms. The number of hydrogen-bond acceptors (Lipinski definition) is 4. The summed E-state index contributed by atoms with van der Waals surface area (Å²) in [6, 6.07) is 6.17. The van der Waals surface area contributed by atoms with Crippen molar-refractivity contribution in [1.82, 2.24) is 10.6 Å². The molecular weight excluding hydrogens is 330 g/mol.